The van der Waals surface area contributed by atoms with Crippen LogP contribution in [0.2, 0.25) is 0 Å². The molecule has 0 aromatic rings. The first-order valence-corrected chi connectivity index (χ1v) is 3.10. The summed E-state index contributed by atoms with van der Waals surface area (Å²) in [6, 6.07) is 0. The second-order valence-corrected chi connectivity index (χ2v) is 1.73. The summed E-state index contributed by atoms with van der Waals surface area (Å²) in [5.41, 5.74) is 0. The van der Waals surface area contributed by atoms with Crippen LogP contribution in [0.25, 0.3) is 0 Å². The van der Waals surface area contributed by atoms with Crippen LogP contribution in [0.4, 0.5) is 0 Å². The normalized spacial score (nSPS) is 8.27. The Labute approximate surface area is 65.9 Å². The summed E-state index contributed by atoms with van der Waals surface area (Å²) in [5.74, 6) is 6.34. The van der Waals surface area contributed by atoms with E-state index in [0.29, 0.717) is 12.8 Å². The quantitative estimate of drug-likeness (QED) is 0.369. The van der Waals surface area contributed by atoms with E-state index in [1.165, 1.54) is 0 Å². The average Bonchev–Trinajstić information content (AvgIpc) is 1.96. The molecule has 0 atom stereocenters. The fourth-order valence-corrected chi connectivity index (χ4v) is 0.453. The highest BCUT2D eigenvalue weighted by atomic mass is 16.4. The number of carbonyl (C=O) groups is 1. The summed E-state index contributed by atoms with van der Waals surface area (Å²) in [6.07, 6.45) is 8.73. The van der Waals surface area contributed by atoms with E-state index in [2.05, 4.69) is 17.8 Å². The molecule has 0 aromatic heterocycles. The van der Waals surface area contributed by atoms with E-state index < -0.39 is 5.97 Å². The summed E-state index contributed by atoms with van der Waals surface area (Å²) >= 11 is 0. The van der Waals surface area contributed by atoms with Crippen LogP contribution in [0.1, 0.15) is 12.8 Å². The van der Waals surface area contributed by atoms with E-state index in [9.17, 15) is 4.79 Å². The first kappa shape index (κ1) is 9.33. The van der Waals surface area contributed by atoms with Crippen molar-refractivity contribution in [3.05, 3.63) is 12.2 Å². The molecule has 0 aliphatic carbocycles. The highest BCUT2D eigenvalue weighted by molar-refractivity contribution is 5.79. The minimum absolute atomic E-state index is 0.605. The van der Waals surface area contributed by atoms with Gasteiger partial charge in [-0.3, -0.25) is 0 Å². The molecule has 0 aliphatic heterocycles. The molecular formula is C9H8O2. The van der Waals surface area contributed by atoms with Crippen LogP contribution in [-0.2, 0) is 4.79 Å². The highest BCUT2D eigenvalue weighted by Gasteiger charge is 1.82. The molecule has 0 bridgehead atoms. The van der Waals surface area contributed by atoms with Gasteiger partial charge in [-0.25, -0.2) is 4.79 Å². The van der Waals surface area contributed by atoms with E-state index >= 15 is 0 Å². The molecule has 2 heteroatoms. The Hall–Kier alpha value is -1.67. The van der Waals surface area contributed by atoms with Crippen LogP contribution in [0.5, 0.6) is 0 Å². The molecule has 0 radical (unpaired) electrons. The minimum Gasteiger partial charge on any atom is -0.478 e. The van der Waals surface area contributed by atoms with Gasteiger partial charge in [0.15, 0.2) is 0 Å². The monoisotopic (exact) mass is 148 g/mol. The number of carboxylic acids is 1. The first-order valence-electron chi connectivity index (χ1n) is 3.10. The zero-order chi connectivity index (χ0) is 8.53. The Morgan fingerprint density at radius 3 is 2.91 bits per heavy atom. The van der Waals surface area contributed by atoms with Gasteiger partial charge in [0, 0.05) is 12.5 Å². The lowest BCUT2D eigenvalue weighted by Crippen LogP contribution is -1.85. The summed E-state index contributed by atoms with van der Waals surface area (Å²) in [4.78, 5) is 9.93. The summed E-state index contributed by atoms with van der Waals surface area (Å²) in [5, 5.41) is 8.16. The van der Waals surface area contributed by atoms with Gasteiger partial charge in [0.25, 0.3) is 0 Å². The molecule has 0 aliphatic rings. The number of unbranched alkanes of at least 4 members (excludes halogenated alkanes) is 1. The third kappa shape index (κ3) is 8.33. The van der Waals surface area contributed by atoms with Crippen LogP contribution in [0, 0.1) is 24.2 Å². The smallest absolute Gasteiger partial charge is 0.327 e. The number of allylic oxidation sites excluding steroid dienone is 1. The van der Waals surface area contributed by atoms with Crippen LogP contribution >= 0.6 is 0 Å². The molecule has 0 aromatic carbocycles. The number of hydrogen-bond donors (Lipinski definition) is 1. The van der Waals surface area contributed by atoms with Crippen LogP contribution in [-0.4, -0.2) is 11.1 Å². The van der Waals surface area contributed by atoms with Crippen LogP contribution in [0.3, 0.4) is 0 Å². The zero-order valence-corrected chi connectivity index (χ0v) is 6.00. The van der Waals surface area contributed by atoms with Crippen molar-refractivity contribution < 1.29 is 9.90 Å². The molecule has 0 saturated carbocycles. The van der Waals surface area contributed by atoms with Gasteiger partial charge in [-0.1, -0.05) is 12.0 Å². The Morgan fingerprint density at radius 1 is 1.64 bits per heavy atom. The van der Waals surface area contributed by atoms with E-state index in [1.54, 1.807) is 6.08 Å². The maximum absolute atomic E-state index is 9.93. The summed E-state index contributed by atoms with van der Waals surface area (Å²) in [6.45, 7) is 0. The Balaban J connectivity index is 3.44. The van der Waals surface area contributed by atoms with Crippen LogP contribution in [0.15, 0.2) is 12.2 Å². The van der Waals surface area contributed by atoms with Crippen LogP contribution < -0.4 is 0 Å². The van der Waals surface area contributed by atoms with E-state index in [-0.39, 0.29) is 0 Å². The fourth-order valence-electron chi connectivity index (χ4n) is 0.453. The van der Waals surface area contributed by atoms with E-state index in [1.807, 2.05) is 0 Å². The molecule has 0 spiro atoms. The zero-order valence-electron chi connectivity index (χ0n) is 6.00. The Kier molecular flexibility index (Phi) is 5.47. The number of hydrogen-bond acceptors (Lipinski definition) is 1. The molecule has 2 nitrogen and oxygen atoms in total. The van der Waals surface area contributed by atoms with E-state index in [0.717, 1.165) is 6.08 Å². The SMILES string of the molecule is C#CC#CCC/C=C/C(=O)O. The van der Waals surface area contributed by atoms with Gasteiger partial charge in [0.2, 0.25) is 0 Å². The predicted octanol–water partition coefficient (Wildman–Crippen LogP) is 1.04. The number of terminal acetylenes is 1. The standard InChI is InChI=1S/C9H8O2/c1-2-3-4-5-6-7-8-9(10)11/h1,7-8H,5-6H2,(H,10,11)/b8-7+. The molecule has 0 rings (SSSR count). The molecule has 0 amide bonds. The maximum Gasteiger partial charge on any atom is 0.327 e. The lowest BCUT2D eigenvalue weighted by atomic mass is 10.3. The highest BCUT2D eigenvalue weighted by Crippen LogP contribution is 1.87. The van der Waals surface area contributed by atoms with Crippen molar-refractivity contribution >= 4 is 5.97 Å². The second kappa shape index (κ2) is 6.45. The average molecular weight is 148 g/mol. The van der Waals surface area contributed by atoms with Crippen molar-refractivity contribution in [3.63, 3.8) is 0 Å². The Bertz CT molecular complexity index is 245. The van der Waals surface area contributed by atoms with Crippen molar-refractivity contribution in [3.8, 4) is 24.2 Å². The summed E-state index contributed by atoms with van der Waals surface area (Å²) in [7, 11) is 0. The Morgan fingerprint density at radius 2 is 2.36 bits per heavy atom. The lowest BCUT2D eigenvalue weighted by molar-refractivity contribution is -0.131. The maximum atomic E-state index is 9.93. The fraction of sp³-hybridized carbons (Fsp3) is 0.222. The summed E-state index contributed by atoms with van der Waals surface area (Å²) < 4.78 is 0. The molecule has 0 saturated heterocycles. The largest absolute Gasteiger partial charge is 0.478 e. The molecule has 0 fully saturated rings. The second-order valence-electron chi connectivity index (χ2n) is 1.73. The topological polar surface area (TPSA) is 37.3 Å². The van der Waals surface area contributed by atoms with Gasteiger partial charge in [0.1, 0.15) is 0 Å². The van der Waals surface area contributed by atoms with Crippen molar-refractivity contribution in [1.82, 2.24) is 0 Å². The first-order chi connectivity index (χ1) is 5.27. The van der Waals surface area contributed by atoms with Gasteiger partial charge in [-0.2, -0.15) is 0 Å². The molecule has 1 N–H and O–H groups in total. The third-order valence-corrected chi connectivity index (χ3v) is 0.857. The molecule has 0 heterocycles. The van der Waals surface area contributed by atoms with Gasteiger partial charge < -0.3 is 5.11 Å². The van der Waals surface area contributed by atoms with E-state index in [4.69, 9.17) is 11.5 Å². The van der Waals surface area contributed by atoms with Crippen molar-refractivity contribution in [2.45, 2.75) is 12.8 Å². The lowest BCUT2D eigenvalue weighted by Gasteiger charge is -1.80. The minimum atomic E-state index is -0.935. The van der Waals surface area contributed by atoms with Gasteiger partial charge in [-0.15, -0.1) is 6.42 Å². The van der Waals surface area contributed by atoms with Crippen molar-refractivity contribution in [1.29, 1.82) is 0 Å². The molecule has 11 heavy (non-hydrogen) atoms. The molecule has 0 unspecified atom stereocenters. The van der Waals surface area contributed by atoms with Gasteiger partial charge >= 0.3 is 5.97 Å². The predicted molar refractivity (Wildman–Crippen MR) is 42.6 cm³/mol. The number of aliphatic carboxylic acids is 1. The third-order valence-electron chi connectivity index (χ3n) is 0.857. The van der Waals surface area contributed by atoms with Crippen molar-refractivity contribution in [2.75, 3.05) is 0 Å². The van der Waals surface area contributed by atoms with Crippen molar-refractivity contribution in [2.24, 2.45) is 0 Å². The number of rotatable bonds is 3. The molecule has 56 valence electrons. The number of carboxylic acid groups (broad SMARTS) is 1. The van der Waals surface area contributed by atoms with Gasteiger partial charge in [-0.05, 0) is 18.3 Å². The molecular weight excluding hydrogens is 140 g/mol. The van der Waals surface area contributed by atoms with Gasteiger partial charge in [0.05, 0.1) is 0 Å².